The molecule has 10 heavy (non-hydrogen) atoms. The minimum Gasteiger partial charge on any atom is -0.624 e. The summed E-state index contributed by atoms with van der Waals surface area (Å²) in [5.74, 6) is 0. The van der Waals surface area contributed by atoms with Crippen LogP contribution in [0.2, 0.25) is 0 Å². The van der Waals surface area contributed by atoms with Gasteiger partial charge in [-0.3, -0.25) is 0 Å². The van der Waals surface area contributed by atoms with Crippen LogP contribution in [0.5, 0.6) is 0 Å². The van der Waals surface area contributed by atoms with Crippen LogP contribution in [0, 0.1) is 5.21 Å². The smallest absolute Gasteiger partial charge is 0.182 e. The topological polar surface area (TPSA) is 26.1 Å². The summed E-state index contributed by atoms with van der Waals surface area (Å²) >= 11 is 0. The summed E-state index contributed by atoms with van der Waals surface area (Å²) in [4.78, 5) is 0. The van der Waals surface area contributed by atoms with Gasteiger partial charge in [0.1, 0.15) is 0 Å². The highest BCUT2D eigenvalue weighted by atomic mass is 16.5. The van der Waals surface area contributed by atoms with Crippen molar-refractivity contribution in [3.63, 3.8) is 0 Å². The van der Waals surface area contributed by atoms with Crippen molar-refractivity contribution in [2.45, 2.75) is 6.54 Å². The van der Waals surface area contributed by atoms with Crippen LogP contribution in [0.4, 0.5) is 0 Å². The van der Waals surface area contributed by atoms with Crippen LogP contribution in [0.15, 0.2) is 24.3 Å². The van der Waals surface area contributed by atoms with Crippen molar-refractivity contribution in [2.24, 2.45) is 0 Å². The van der Waals surface area contributed by atoms with Gasteiger partial charge in [0.05, 0.1) is 0 Å². The van der Waals surface area contributed by atoms with E-state index in [4.69, 9.17) is 0 Å². The highest BCUT2D eigenvalue weighted by Gasteiger charge is 2.11. The predicted molar refractivity (Wildman–Crippen MR) is 38.9 cm³/mol. The summed E-state index contributed by atoms with van der Waals surface area (Å²) in [5.41, 5.74) is 2.18. The molecule has 2 heteroatoms. The van der Waals surface area contributed by atoms with Crippen LogP contribution in [0.1, 0.15) is 11.1 Å². The maximum atomic E-state index is 10.8. The molecule has 0 atom stereocenters. The second-order valence-electron chi connectivity index (χ2n) is 2.40. The summed E-state index contributed by atoms with van der Waals surface area (Å²) < 4.78 is 0.949. The van der Waals surface area contributed by atoms with E-state index in [0.29, 0.717) is 6.54 Å². The van der Waals surface area contributed by atoms with Gasteiger partial charge in [0.25, 0.3) is 0 Å². The molecular weight excluding hydrogens is 126 g/mol. The third-order valence-corrected chi connectivity index (χ3v) is 1.66. The van der Waals surface area contributed by atoms with Gasteiger partial charge < -0.3 is 5.21 Å². The third kappa shape index (κ3) is 0.692. The summed E-state index contributed by atoms with van der Waals surface area (Å²) in [6, 6.07) is 7.82. The number of hydrogen-bond donors (Lipinski definition) is 0. The molecule has 1 aliphatic rings. The number of hydroxylamine groups is 1. The fourth-order valence-corrected chi connectivity index (χ4v) is 1.17. The van der Waals surface area contributed by atoms with Crippen molar-refractivity contribution in [3.8, 4) is 0 Å². The second kappa shape index (κ2) is 1.84. The van der Waals surface area contributed by atoms with E-state index in [1.807, 2.05) is 24.3 Å². The zero-order chi connectivity index (χ0) is 6.97. The Morgan fingerprint density at radius 1 is 1.30 bits per heavy atom. The Balaban J connectivity index is 2.54. The zero-order valence-electron chi connectivity index (χ0n) is 5.45. The minimum absolute atomic E-state index is 0.510. The average molecular weight is 133 g/mol. The van der Waals surface area contributed by atoms with Gasteiger partial charge >= 0.3 is 0 Å². The van der Waals surface area contributed by atoms with Crippen LogP contribution < -0.4 is 0 Å². The molecule has 0 saturated carbocycles. The number of hydrogen-bond acceptors (Lipinski definition) is 1. The molecule has 1 aromatic carbocycles. The molecule has 0 amide bonds. The van der Waals surface area contributed by atoms with E-state index >= 15 is 0 Å². The van der Waals surface area contributed by atoms with E-state index in [-0.39, 0.29) is 0 Å². The van der Waals surface area contributed by atoms with E-state index < -0.39 is 0 Å². The molecule has 0 fully saturated rings. The lowest BCUT2D eigenvalue weighted by atomic mass is 10.1. The molecule has 0 N–H and O–H groups in total. The predicted octanol–water partition coefficient (Wildman–Crippen LogP) is 1.13. The van der Waals surface area contributed by atoms with E-state index in [2.05, 4.69) is 0 Å². The van der Waals surface area contributed by atoms with Crippen molar-refractivity contribution < 1.29 is 4.74 Å². The average Bonchev–Trinajstić information content (AvgIpc) is 2.27. The van der Waals surface area contributed by atoms with E-state index in [9.17, 15) is 5.21 Å². The minimum atomic E-state index is 0.510. The molecule has 50 valence electrons. The largest absolute Gasteiger partial charge is 0.624 e. The monoisotopic (exact) mass is 133 g/mol. The maximum absolute atomic E-state index is 10.8. The lowest BCUT2D eigenvalue weighted by Crippen LogP contribution is -1.93. The van der Waals surface area contributed by atoms with Crippen molar-refractivity contribution in [3.05, 3.63) is 40.6 Å². The zero-order valence-corrected chi connectivity index (χ0v) is 5.45. The molecule has 0 radical (unpaired) electrons. The molecule has 1 aliphatic heterocycles. The van der Waals surface area contributed by atoms with Crippen LogP contribution >= 0.6 is 0 Å². The molecule has 2 nitrogen and oxygen atoms in total. The molecule has 2 rings (SSSR count). The molecule has 1 aromatic rings. The van der Waals surface area contributed by atoms with Gasteiger partial charge in [-0.25, -0.2) is 4.74 Å². The molecule has 0 aliphatic carbocycles. The SMILES string of the molecule is [O-][N+]1=Cc2ccccc2C1. The van der Waals surface area contributed by atoms with Gasteiger partial charge in [-0.15, -0.1) is 0 Å². The summed E-state index contributed by atoms with van der Waals surface area (Å²) in [6.45, 7) is 0.510. The van der Waals surface area contributed by atoms with Crippen LogP contribution in [-0.4, -0.2) is 11.0 Å². The number of nitrogens with zero attached hydrogens (tertiary/aromatic N) is 1. The quantitative estimate of drug-likeness (QED) is 0.385. The van der Waals surface area contributed by atoms with Crippen molar-refractivity contribution in [2.75, 3.05) is 0 Å². The first-order valence-electron chi connectivity index (χ1n) is 3.23. The molecule has 0 aromatic heterocycles. The second-order valence-corrected chi connectivity index (χ2v) is 2.40. The first kappa shape index (κ1) is 5.47. The van der Waals surface area contributed by atoms with Gasteiger partial charge in [0.2, 0.25) is 0 Å². The van der Waals surface area contributed by atoms with Gasteiger partial charge in [0, 0.05) is 11.1 Å². The third-order valence-electron chi connectivity index (χ3n) is 1.66. The van der Waals surface area contributed by atoms with Gasteiger partial charge in [-0.05, 0) is 6.07 Å². The molecule has 1 heterocycles. The standard InChI is InChI=1S/C8H7NO/c10-9-5-7-3-1-2-4-8(7)6-9/h1-5H,6H2. The Morgan fingerprint density at radius 3 is 2.90 bits per heavy atom. The lowest BCUT2D eigenvalue weighted by Gasteiger charge is -1.93. The normalized spacial score (nSPS) is 14.6. The maximum Gasteiger partial charge on any atom is 0.182 e. The number of rotatable bonds is 0. The molecule has 0 unspecified atom stereocenters. The van der Waals surface area contributed by atoms with Crippen molar-refractivity contribution in [1.29, 1.82) is 0 Å². The van der Waals surface area contributed by atoms with Crippen molar-refractivity contribution in [1.82, 2.24) is 0 Å². The Morgan fingerprint density at radius 2 is 2.10 bits per heavy atom. The highest BCUT2D eigenvalue weighted by Crippen LogP contribution is 2.11. The fraction of sp³-hybridized carbons (Fsp3) is 0.125. The number of benzene rings is 1. The summed E-state index contributed by atoms with van der Waals surface area (Å²) in [7, 11) is 0. The van der Waals surface area contributed by atoms with E-state index in [0.717, 1.165) is 15.9 Å². The van der Waals surface area contributed by atoms with E-state index in [1.54, 1.807) is 6.21 Å². The first-order chi connectivity index (χ1) is 4.86. The Labute approximate surface area is 59.0 Å². The Kier molecular flexibility index (Phi) is 1.01. The Hall–Kier alpha value is -1.31. The molecule has 0 bridgehead atoms. The molecule has 0 saturated heterocycles. The van der Waals surface area contributed by atoms with Crippen LogP contribution in [-0.2, 0) is 6.54 Å². The van der Waals surface area contributed by atoms with Gasteiger partial charge in [-0.1, -0.05) is 18.2 Å². The fourth-order valence-electron chi connectivity index (χ4n) is 1.17. The summed E-state index contributed by atoms with van der Waals surface area (Å²) in [6.07, 6.45) is 1.62. The molecule has 0 spiro atoms. The Bertz CT molecular complexity index is 291. The van der Waals surface area contributed by atoms with E-state index in [1.165, 1.54) is 0 Å². The van der Waals surface area contributed by atoms with Crippen molar-refractivity contribution >= 4 is 6.21 Å². The van der Waals surface area contributed by atoms with Gasteiger partial charge in [-0.2, -0.15) is 0 Å². The summed E-state index contributed by atoms with van der Waals surface area (Å²) in [5, 5.41) is 10.8. The highest BCUT2D eigenvalue weighted by molar-refractivity contribution is 5.79. The molecular formula is C8H7NO. The van der Waals surface area contributed by atoms with Gasteiger partial charge in [0.15, 0.2) is 12.8 Å². The number of fused-ring (bicyclic) bond motifs is 1. The van der Waals surface area contributed by atoms with Crippen LogP contribution in [0.25, 0.3) is 0 Å². The lowest BCUT2D eigenvalue weighted by molar-refractivity contribution is -0.464. The first-order valence-corrected chi connectivity index (χ1v) is 3.23. The van der Waals surface area contributed by atoms with Crippen LogP contribution in [0.3, 0.4) is 0 Å².